The van der Waals surface area contributed by atoms with Gasteiger partial charge in [0.1, 0.15) is 0 Å². The third-order valence-electron chi connectivity index (χ3n) is 2.08. The smallest absolute Gasteiger partial charge is 0.166 e. The number of alkyl halides is 3. The van der Waals surface area contributed by atoms with E-state index in [-0.39, 0.29) is 0 Å². The van der Waals surface area contributed by atoms with Crippen LogP contribution in [0.25, 0.3) is 0 Å². The number of rotatable bonds is 2. The van der Waals surface area contributed by atoms with Crippen molar-refractivity contribution in [1.29, 1.82) is 0 Å². The van der Waals surface area contributed by atoms with Crippen LogP contribution in [-0.2, 0) is 6.18 Å². The van der Waals surface area contributed by atoms with E-state index in [0.717, 1.165) is 31.4 Å². The molecule has 0 fully saturated rings. The van der Waals surface area contributed by atoms with Crippen LogP contribution in [0, 0.1) is 11.8 Å². The first kappa shape index (κ1) is 12.6. The fourth-order valence-corrected chi connectivity index (χ4v) is 1.20. The number of benzene rings is 1. The molecular weight excluding hydrogens is 213 g/mol. The van der Waals surface area contributed by atoms with Gasteiger partial charge in [-0.1, -0.05) is 31.3 Å². The van der Waals surface area contributed by atoms with Gasteiger partial charge in [-0.05, 0) is 24.6 Å². The first-order valence-corrected chi connectivity index (χ1v) is 5.20. The zero-order valence-corrected chi connectivity index (χ0v) is 9.06. The Balaban J connectivity index is 2.78. The largest absolute Gasteiger partial charge is 0.416 e. The summed E-state index contributed by atoms with van der Waals surface area (Å²) in [6, 6.07) is 5.11. The van der Waals surface area contributed by atoms with Crippen molar-refractivity contribution in [3.05, 3.63) is 35.4 Å². The highest BCUT2D eigenvalue weighted by Gasteiger charge is 2.30. The Hall–Kier alpha value is -1.43. The molecule has 0 nitrogen and oxygen atoms in total. The summed E-state index contributed by atoms with van der Waals surface area (Å²) >= 11 is 0. The lowest BCUT2D eigenvalue weighted by Crippen LogP contribution is -2.04. The van der Waals surface area contributed by atoms with E-state index in [1.165, 1.54) is 6.07 Å². The molecule has 0 aliphatic heterocycles. The van der Waals surface area contributed by atoms with Gasteiger partial charge >= 0.3 is 6.18 Å². The van der Waals surface area contributed by atoms with Crippen LogP contribution in [0.4, 0.5) is 13.2 Å². The molecule has 3 heteroatoms. The van der Waals surface area contributed by atoms with E-state index < -0.39 is 11.7 Å². The van der Waals surface area contributed by atoms with E-state index in [1.54, 1.807) is 6.07 Å². The second-order valence-electron chi connectivity index (χ2n) is 3.48. The van der Waals surface area contributed by atoms with Crippen molar-refractivity contribution < 1.29 is 13.2 Å². The minimum atomic E-state index is -4.29. The lowest BCUT2D eigenvalue weighted by molar-refractivity contribution is -0.137. The number of hydrogen-bond acceptors (Lipinski definition) is 0. The average Bonchev–Trinajstić information content (AvgIpc) is 2.24. The Labute approximate surface area is 93.5 Å². The molecule has 1 rings (SSSR count). The van der Waals surface area contributed by atoms with Crippen LogP contribution in [0.2, 0.25) is 0 Å². The summed E-state index contributed by atoms with van der Waals surface area (Å²) in [6.45, 7) is 2.05. The van der Waals surface area contributed by atoms with E-state index in [9.17, 15) is 13.2 Å². The highest BCUT2D eigenvalue weighted by molar-refractivity contribution is 5.37. The van der Waals surface area contributed by atoms with Crippen LogP contribution in [0.3, 0.4) is 0 Å². The van der Waals surface area contributed by atoms with E-state index in [2.05, 4.69) is 11.8 Å². The second-order valence-corrected chi connectivity index (χ2v) is 3.48. The molecule has 0 heterocycles. The van der Waals surface area contributed by atoms with Crippen molar-refractivity contribution >= 4 is 0 Å². The van der Waals surface area contributed by atoms with Crippen molar-refractivity contribution in [3.63, 3.8) is 0 Å². The van der Waals surface area contributed by atoms with Crippen molar-refractivity contribution in [2.45, 2.75) is 32.4 Å². The van der Waals surface area contributed by atoms with Crippen LogP contribution in [0.5, 0.6) is 0 Å². The highest BCUT2D eigenvalue weighted by atomic mass is 19.4. The maximum atomic E-state index is 12.4. The van der Waals surface area contributed by atoms with E-state index in [1.807, 2.05) is 6.92 Å². The van der Waals surface area contributed by atoms with Crippen molar-refractivity contribution in [3.8, 4) is 11.8 Å². The lowest BCUT2D eigenvalue weighted by atomic mass is 10.1. The molecule has 0 saturated heterocycles. The molecule has 0 atom stereocenters. The molecule has 0 N–H and O–H groups in total. The van der Waals surface area contributed by atoms with Gasteiger partial charge < -0.3 is 0 Å². The van der Waals surface area contributed by atoms with Gasteiger partial charge in [0.05, 0.1) is 5.56 Å². The third-order valence-corrected chi connectivity index (χ3v) is 2.08. The van der Waals surface area contributed by atoms with Crippen LogP contribution >= 0.6 is 0 Å². The molecule has 0 bridgehead atoms. The number of halogens is 3. The zero-order valence-electron chi connectivity index (χ0n) is 9.06. The Bertz CT molecular complexity index is 394. The maximum absolute atomic E-state index is 12.4. The summed E-state index contributed by atoms with van der Waals surface area (Å²) in [4.78, 5) is 0. The first-order chi connectivity index (χ1) is 7.54. The van der Waals surface area contributed by atoms with Crippen molar-refractivity contribution in [1.82, 2.24) is 0 Å². The molecule has 1 aromatic carbocycles. The molecule has 1 aromatic rings. The molecule has 0 saturated carbocycles. The van der Waals surface area contributed by atoms with E-state index >= 15 is 0 Å². The molecule has 0 radical (unpaired) electrons. The van der Waals surface area contributed by atoms with Gasteiger partial charge in [0.2, 0.25) is 0 Å². The van der Waals surface area contributed by atoms with Gasteiger partial charge in [0.25, 0.3) is 0 Å². The van der Waals surface area contributed by atoms with Gasteiger partial charge in [-0.15, -0.1) is 0 Å². The van der Waals surface area contributed by atoms with Crippen molar-refractivity contribution in [2.75, 3.05) is 0 Å². The standard InChI is InChI=1S/C13H13F3/c1-2-3-4-5-7-11-8-6-9-12(10-11)13(14,15)16/h6,8-10H,2-4H2,1H3. The molecule has 0 aliphatic rings. The van der Waals surface area contributed by atoms with Crippen LogP contribution in [0.1, 0.15) is 37.3 Å². The molecule has 0 unspecified atom stereocenters. The zero-order chi connectivity index (χ0) is 12.0. The van der Waals surface area contributed by atoms with E-state index in [0.29, 0.717) is 5.56 Å². The van der Waals surface area contributed by atoms with Gasteiger partial charge in [-0.3, -0.25) is 0 Å². The first-order valence-electron chi connectivity index (χ1n) is 5.20. The Morgan fingerprint density at radius 1 is 1.25 bits per heavy atom. The Morgan fingerprint density at radius 2 is 2.00 bits per heavy atom. The van der Waals surface area contributed by atoms with E-state index in [4.69, 9.17) is 0 Å². The molecule has 0 aromatic heterocycles. The van der Waals surface area contributed by atoms with Gasteiger partial charge in [0.15, 0.2) is 0 Å². The van der Waals surface area contributed by atoms with Crippen molar-refractivity contribution in [2.24, 2.45) is 0 Å². The molecule has 0 spiro atoms. The minimum absolute atomic E-state index is 0.422. The second kappa shape index (κ2) is 5.60. The fourth-order valence-electron chi connectivity index (χ4n) is 1.20. The molecule has 16 heavy (non-hydrogen) atoms. The third kappa shape index (κ3) is 3.98. The minimum Gasteiger partial charge on any atom is -0.166 e. The summed E-state index contributed by atoms with van der Waals surface area (Å²) < 4.78 is 37.1. The SMILES string of the molecule is CCCCC#Cc1cccc(C(F)(F)F)c1. The monoisotopic (exact) mass is 226 g/mol. The number of unbranched alkanes of at least 4 members (excludes halogenated alkanes) is 2. The fraction of sp³-hybridized carbons (Fsp3) is 0.385. The normalized spacial score (nSPS) is 10.8. The molecular formula is C13H13F3. The lowest BCUT2D eigenvalue weighted by Gasteiger charge is -2.05. The Kier molecular flexibility index (Phi) is 4.42. The molecule has 0 aliphatic carbocycles. The summed E-state index contributed by atoms with van der Waals surface area (Å²) in [5.74, 6) is 5.61. The van der Waals surface area contributed by atoms with Gasteiger partial charge in [-0.25, -0.2) is 0 Å². The van der Waals surface area contributed by atoms with Gasteiger partial charge in [-0.2, -0.15) is 13.2 Å². The average molecular weight is 226 g/mol. The predicted octanol–water partition coefficient (Wildman–Crippen LogP) is 4.25. The summed E-state index contributed by atoms with van der Waals surface area (Å²) in [6.07, 6.45) is -1.54. The van der Waals surface area contributed by atoms with Crippen LogP contribution in [-0.4, -0.2) is 0 Å². The molecule has 0 amide bonds. The van der Waals surface area contributed by atoms with Gasteiger partial charge in [0, 0.05) is 12.0 Å². The topological polar surface area (TPSA) is 0 Å². The summed E-state index contributed by atoms with van der Waals surface area (Å²) in [5.41, 5.74) is -0.222. The Morgan fingerprint density at radius 3 is 2.62 bits per heavy atom. The highest BCUT2D eigenvalue weighted by Crippen LogP contribution is 2.29. The maximum Gasteiger partial charge on any atom is 0.416 e. The summed E-state index contributed by atoms with van der Waals surface area (Å²) in [5, 5.41) is 0. The van der Waals surface area contributed by atoms with Crippen LogP contribution in [0.15, 0.2) is 24.3 Å². The van der Waals surface area contributed by atoms with Crippen LogP contribution < -0.4 is 0 Å². The summed E-state index contributed by atoms with van der Waals surface area (Å²) in [7, 11) is 0. The number of hydrogen-bond donors (Lipinski definition) is 0. The molecule has 86 valence electrons. The predicted molar refractivity (Wildman–Crippen MR) is 57.8 cm³/mol. The quantitative estimate of drug-likeness (QED) is 0.522.